The van der Waals surface area contributed by atoms with Crippen molar-refractivity contribution in [2.45, 2.75) is 25.4 Å². The predicted octanol–water partition coefficient (Wildman–Crippen LogP) is 3.54. The Morgan fingerprint density at radius 1 is 1.04 bits per heavy atom. The third kappa shape index (κ3) is 3.32. The van der Waals surface area contributed by atoms with E-state index in [4.69, 9.17) is 18.9 Å². The van der Waals surface area contributed by atoms with Crippen LogP contribution in [0.3, 0.4) is 0 Å². The van der Waals surface area contributed by atoms with Crippen molar-refractivity contribution in [3.05, 3.63) is 41.0 Å². The van der Waals surface area contributed by atoms with Crippen molar-refractivity contribution in [3.63, 3.8) is 0 Å². The number of carbonyl (C=O) groups is 1. The highest BCUT2D eigenvalue weighted by atomic mass is 16.5. The van der Waals surface area contributed by atoms with Gasteiger partial charge < -0.3 is 24.1 Å². The minimum atomic E-state index is -0.627. The number of hydrogen-bond donors (Lipinski definition) is 1. The van der Waals surface area contributed by atoms with E-state index in [1.165, 1.54) is 7.11 Å². The molecular weight excluding hydrogens is 348 g/mol. The average Bonchev–Trinajstić information content (AvgIpc) is 2.70. The maximum atomic E-state index is 12.1. The third-order valence-electron chi connectivity index (χ3n) is 4.94. The lowest BCUT2D eigenvalue weighted by Gasteiger charge is -2.25. The van der Waals surface area contributed by atoms with Gasteiger partial charge in [-0.1, -0.05) is 6.07 Å². The van der Waals surface area contributed by atoms with Gasteiger partial charge in [0.1, 0.15) is 0 Å². The fraction of sp³-hybridized carbons (Fsp3) is 0.381. The maximum absolute atomic E-state index is 12.1. The van der Waals surface area contributed by atoms with Gasteiger partial charge in [0.15, 0.2) is 11.5 Å². The second kappa shape index (κ2) is 7.88. The quantitative estimate of drug-likeness (QED) is 0.828. The van der Waals surface area contributed by atoms with Gasteiger partial charge in [0.25, 0.3) is 0 Å². The van der Waals surface area contributed by atoms with E-state index in [2.05, 4.69) is 0 Å². The first kappa shape index (κ1) is 19.0. The first-order valence-corrected chi connectivity index (χ1v) is 8.78. The van der Waals surface area contributed by atoms with Gasteiger partial charge in [0.2, 0.25) is 5.75 Å². The number of aliphatic hydroxyl groups is 1. The summed E-state index contributed by atoms with van der Waals surface area (Å²) >= 11 is 0. The molecule has 1 aliphatic rings. The molecule has 0 heterocycles. The zero-order chi connectivity index (χ0) is 19.6. The van der Waals surface area contributed by atoms with Crippen molar-refractivity contribution < 1.29 is 28.8 Å². The molecule has 1 N–H and O–H groups in total. The molecule has 1 unspecified atom stereocenters. The number of aliphatic hydroxyl groups excluding tert-OH is 1. The van der Waals surface area contributed by atoms with Crippen LogP contribution in [0, 0.1) is 0 Å². The molecular formula is C21H24O6. The number of methoxy groups -OCH3 is 4. The van der Waals surface area contributed by atoms with Crippen LogP contribution < -0.4 is 14.2 Å². The number of hydrogen-bond acceptors (Lipinski definition) is 6. The second-order valence-electron chi connectivity index (χ2n) is 6.38. The Balaban J connectivity index is 2.37. The number of rotatable bonds is 4. The van der Waals surface area contributed by atoms with Crippen LogP contribution in [0.2, 0.25) is 0 Å². The molecule has 2 aromatic rings. The monoisotopic (exact) mass is 372 g/mol. The summed E-state index contributed by atoms with van der Waals surface area (Å²) in [5, 5.41) is 10.7. The van der Waals surface area contributed by atoms with Crippen LogP contribution in [-0.4, -0.2) is 39.5 Å². The van der Waals surface area contributed by atoms with Crippen LogP contribution in [0.1, 0.15) is 40.4 Å². The van der Waals surface area contributed by atoms with Gasteiger partial charge in [0, 0.05) is 5.56 Å². The zero-order valence-electron chi connectivity index (χ0n) is 16.0. The number of ether oxygens (including phenoxy) is 4. The van der Waals surface area contributed by atoms with Gasteiger partial charge in [-0.3, -0.25) is 0 Å². The average molecular weight is 372 g/mol. The number of esters is 1. The Bertz CT molecular complexity index is 858. The van der Waals surface area contributed by atoms with Crippen LogP contribution in [0.25, 0.3) is 11.1 Å². The SMILES string of the molecule is COC(=O)c1ccc2c(c1)-c1c(cc(OC)c(OC)c1OC)CCCC2O. The van der Waals surface area contributed by atoms with E-state index in [1.807, 2.05) is 6.07 Å². The van der Waals surface area contributed by atoms with E-state index in [0.29, 0.717) is 29.2 Å². The van der Waals surface area contributed by atoms with Gasteiger partial charge in [-0.15, -0.1) is 0 Å². The Labute approximate surface area is 158 Å². The standard InChI is InChI=1S/C21H24O6/c1-24-17-11-12-6-5-7-16(22)14-9-8-13(21(23)27-4)10-15(14)18(12)20(26-3)19(17)25-2/h8-11,16,22H,5-7H2,1-4H3. The summed E-state index contributed by atoms with van der Waals surface area (Å²) in [6.45, 7) is 0. The summed E-state index contributed by atoms with van der Waals surface area (Å²) in [7, 11) is 6.04. The first-order valence-electron chi connectivity index (χ1n) is 8.78. The molecule has 0 spiro atoms. The molecule has 0 saturated carbocycles. The fourth-order valence-corrected chi connectivity index (χ4v) is 3.65. The third-order valence-corrected chi connectivity index (χ3v) is 4.94. The molecule has 0 aromatic heterocycles. The largest absolute Gasteiger partial charge is 0.493 e. The van der Waals surface area contributed by atoms with E-state index in [0.717, 1.165) is 35.1 Å². The Kier molecular flexibility index (Phi) is 5.56. The van der Waals surface area contributed by atoms with E-state index < -0.39 is 12.1 Å². The van der Waals surface area contributed by atoms with Gasteiger partial charge in [0.05, 0.1) is 40.1 Å². The summed E-state index contributed by atoms with van der Waals surface area (Å²) in [5.41, 5.74) is 3.70. The zero-order valence-corrected chi connectivity index (χ0v) is 16.0. The molecule has 0 radical (unpaired) electrons. The van der Waals surface area contributed by atoms with Crippen LogP contribution >= 0.6 is 0 Å². The molecule has 1 aliphatic carbocycles. The van der Waals surface area contributed by atoms with Crippen LogP contribution in [0.4, 0.5) is 0 Å². The summed E-state index contributed by atoms with van der Waals surface area (Å²) in [6.07, 6.45) is 1.55. The van der Waals surface area contributed by atoms with Crippen LogP contribution in [0.5, 0.6) is 17.2 Å². The molecule has 0 bridgehead atoms. The Morgan fingerprint density at radius 3 is 2.41 bits per heavy atom. The molecule has 0 aliphatic heterocycles. The van der Waals surface area contributed by atoms with E-state index >= 15 is 0 Å². The lowest BCUT2D eigenvalue weighted by Crippen LogP contribution is -2.10. The molecule has 27 heavy (non-hydrogen) atoms. The predicted molar refractivity (Wildman–Crippen MR) is 101 cm³/mol. The van der Waals surface area contributed by atoms with E-state index in [1.54, 1.807) is 39.5 Å². The van der Waals surface area contributed by atoms with Crippen molar-refractivity contribution in [3.8, 4) is 28.4 Å². The molecule has 2 aromatic carbocycles. The van der Waals surface area contributed by atoms with Crippen molar-refractivity contribution >= 4 is 5.97 Å². The van der Waals surface area contributed by atoms with Crippen molar-refractivity contribution in [2.24, 2.45) is 0 Å². The molecule has 1 atom stereocenters. The van der Waals surface area contributed by atoms with Crippen molar-refractivity contribution in [1.29, 1.82) is 0 Å². The molecule has 6 heteroatoms. The first-order chi connectivity index (χ1) is 13.0. The van der Waals surface area contributed by atoms with Crippen molar-refractivity contribution in [1.82, 2.24) is 0 Å². The maximum Gasteiger partial charge on any atom is 0.337 e. The van der Waals surface area contributed by atoms with Gasteiger partial charge in [-0.25, -0.2) is 4.79 Å². The number of benzene rings is 2. The van der Waals surface area contributed by atoms with Gasteiger partial charge in [-0.05, 0) is 54.2 Å². The van der Waals surface area contributed by atoms with Crippen LogP contribution in [-0.2, 0) is 11.2 Å². The Hall–Kier alpha value is -2.73. The van der Waals surface area contributed by atoms with Gasteiger partial charge in [-0.2, -0.15) is 0 Å². The summed E-state index contributed by atoms with van der Waals surface area (Å²) in [5.74, 6) is 1.14. The van der Waals surface area contributed by atoms with Crippen LogP contribution in [0.15, 0.2) is 24.3 Å². The number of carbonyl (C=O) groups excluding carboxylic acids is 1. The fourth-order valence-electron chi connectivity index (χ4n) is 3.65. The minimum absolute atomic E-state index is 0.409. The second-order valence-corrected chi connectivity index (χ2v) is 6.38. The molecule has 0 saturated heterocycles. The smallest absolute Gasteiger partial charge is 0.337 e. The highest BCUT2D eigenvalue weighted by Crippen LogP contribution is 2.49. The summed E-state index contributed by atoms with van der Waals surface area (Å²) in [6, 6.07) is 7.12. The van der Waals surface area contributed by atoms with Crippen molar-refractivity contribution in [2.75, 3.05) is 28.4 Å². The van der Waals surface area contributed by atoms with Gasteiger partial charge >= 0.3 is 5.97 Å². The summed E-state index contributed by atoms with van der Waals surface area (Å²) < 4.78 is 21.6. The molecule has 0 fully saturated rings. The lowest BCUT2D eigenvalue weighted by atomic mass is 9.84. The van der Waals surface area contributed by atoms with E-state index in [-0.39, 0.29) is 0 Å². The number of aryl methyl sites for hydroxylation is 1. The lowest BCUT2D eigenvalue weighted by molar-refractivity contribution is 0.0600. The minimum Gasteiger partial charge on any atom is -0.493 e. The molecule has 0 amide bonds. The van der Waals surface area contributed by atoms with E-state index in [9.17, 15) is 9.90 Å². The normalized spacial score (nSPS) is 15.7. The highest BCUT2D eigenvalue weighted by molar-refractivity contribution is 5.93. The highest BCUT2D eigenvalue weighted by Gasteiger charge is 2.27. The Morgan fingerprint density at radius 2 is 1.78 bits per heavy atom. The molecule has 144 valence electrons. The number of fused-ring (bicyclic) bond motifs is 3. The molecule has 6 nitrogen and oxygen atoms in total. The summed E-state index contributed by atoms with van der Waals surface area (Å²) in [4.78, 5) is 12.1. The topological polar surface area (TPSA) is 74.2 Å². The molecule has 3 rings (SSSR count).